The van der Waals surface area contributed by atoms with Gasteiger partial charge in [0.15, 0.2) is 0 Å². The van der Waals surface area contributed by atoms with Crippen LogP contribution in [0.25, 0.3) is 0 Å². The number of nitriles is 1. The third-order valence-corrected chi connectivity index (χ3v) is 8.34. The smallest absolute Gasteiger partial charge is 0.329 e. The van der Waals surface area contributed by atoms with Gasteiger partial charge < -0.3 is 34.9 Å². The minimum Gasteiger partial charge on any atom is -0.389 e. The van der Waals surface area contributed by atoms with E-state index in [0.29, 0.717) is 24.8 Å². The van der Waals surface area contributed by atoms with Gasteiger partial charge in [-0.3, -0.25) is 4.68 Å². The minimum atomic E-state index is -2.16. The van der Waals surface area contributed by atoms with Crippen molar-refractivity contribution in [3.63, 3.8) is 0 Å². The van der Waals surface area contributed by atoms with E-state index in [1.807, 2.05) is 12.1 Å². The molecule has 0 amide bonds. The fourth-order valence-corrected chi connectivity index (χ4v) is 5.86. The number of aliphatic imine (C=N–C) groups is 1. The van der Waals surface area contributed by atoms with Crippen molar-refractivity contribution >= 4 is 14.4 Å². The molecule has 0 radical (unpaired) electrons. The highest BCUT2D eigenvalue weighted by Crippen LogP contribution is 2.43. The van der Waals surface area contributed by atoms with Crippen molar-refractivity contribution in [2.24, 2.45) is 10.7 Å². The number of nitrogens with two attached hydrogens (primary N) is 1. The second-order valence-corrected chi connectivity index (χ2v) is 11.6. The molecule has 0 saturated carbocycles. The van der Waals surface area contributed by atoms with E-state index in [1.54, 1.807) is 4.68 Å². The monoisotopic (exact) mass is 565 g/mol. The maximum absolute atomic E-state index is 10.7. The van der Waals surface area contributed by atoms with Crippen molar-refractivity contribution in [2.75, 3.05) is 25.3 Å². The Morgan fingerprint density at radius 2 is 1.69 bits per heavy atom. The lowest BCUT2D eigenvalue weighted by Gasteiger charge is -2.26. The van der Waals surface area contributed by atoms with Gasteiger partial charge in [0.1, 0.15) is 43.1 Å². The molecule has 11 heteroatoms. The zero-order valence-corrected chi connectivity index (χ0v) is 24.4. The Morgan fingerprint density at radius 1 is 1.08 bits per heavy atom. The molecule has 0 aromatic carbocycles. The quantitative estimate of drug-likeness (QED) is 0.119. The molecular weight excluding hydrogens is 517 g/mol. The van der Waals surface area contributed by atoms with Crippen LogP contribution < -0.4 is 11.2 Å². The number of rotatable bonds is 20. The average molecular weight is 566 g/mol. The Balaban J connectivity index is 1.24. The van der Waals surface area contributed by atoms with E-state index in [9.17, 15) is 15.3 Å². The first-order valence-corrected chi connectivity index (χ1v) is 15.9. The average Bonchev–Trinajstić information content (AvgIpc) is 3.51. The second-order valence-electron chi connectivity index (χ2n) is 10.6. The molecule has 1 aromatic rings. The number of hydrogen-bond donors (Lipinski definition) is 4. The zero-order chi connectivity index (χ0) is 27.9. The normalized spacial score (nSPS) is 23.2. The summed E-state index contributed by atoms with van der Waals surface area (Å²) < 4.78 is 18.6. The molecule has 3 heterocycles. The van der Waals surface area contributed by atoms with Crippen LogP contribution in [0.15, 0.2) is 17.1 Å². The number of nitrogens with zero attached hydrogens (tertiary/aromatic N) is 3. The molecule has 0 spiro atoms. The number of nitrogens with one attached hydrogen (secondary N) is 1. The van der Waals surface area contributed by atoms with E-state index in [0.717, 1.165) is 18.5 Å². The topological polar surface area (TPSA) is 147 Å². The molecule has 1 fully saturated rings. The molecule has 2 aliphatic heterocycles. The first-order chi connectivity index (χ1) is 19.0. The Labute approximate surface area is 234 Å². The lowest BCUT2D eigenvalue weighted by Crippen LogP contribution is -2.42. The van der Waals surface area contributed by atoms with E-state index in [2.05, 4.69) is 23.4 Å². The summed E-state index contributed by atoms with van der Waals surface area (Å²) in [5, 5.41) is 20.5. The summed E-state index contributed by atoms with van der Waals surface area (Å²) in [5.41, 5.74) is 8.90. The van der Waals surface area contributed by atoms with Crippen molar-refractivity contribution in [2.45, 2.75) is 121 Å². The molecule has 39 heavy (non-hydrogen) atoms. The van der Waals surface area contributed by atoms with Crippen LogP contribution in [0, 0.1) is 11.3 Å². The molecule has 220 valence electrons. The number of ether oxygens (including phenoxy) is 1. The third-order valence-electron chi connectivity index (χ3n) is 7.59. The SMILES string of the molecule is CCCCCCCCCCCCCCCCOP(O)OCC1(C#N)OC(c2ccc3n2NCN=C3N)CC1O. The summed E-state index contributed by atoms with van der Waals surface area (Å²) in [6.07, 6.45) is 16.5. The third kappa shape index (κ3) is 9.70. The minimum absolute atomic E-state index is 0.211. The predicted octanol–water partition coefficient (Wildman–Crippen LogP) is 5.53. The van der Waals surface area contributed by atoms with Gasteiger partial charge in [-0.05, 0) is 18.6 Å². The molecule has 4 atom stereocenters. The molecule has 10 nitrogen and oxygen atoms in total. The number of aliphatic hydroxyl groups is 1. The standard InChI is InChI=1S/C28H48N5O5P/c1-2-3-4-5-6-7-8-9-10-11-12-13-14-15-18-36-39(35)37-21-28(20-29)26(34)19-25(38-28)23-16-17-24-27(30)31-22-32-33(23)24/h16-17,25-26,32,34-35H,2-15,18-19,21-22H2,1H3,(H2,30,31). The first kappa shape index (κ1) is 31.8. The summed E-state index contributed by atoms with van der Waals surface area (Å²) in [5.74, 6) is 0.412. The Hall–Kier alpha value is -1.73. The van der Waals surface area contributed by atoms with Crippen LogP contribution in [0.5, 0.6) is 0 Å². The lowest BCUT2D eigenvalue weighted by atomic mass is 9.99. The highest BCUT2D eigenvalue weighted by Gasteiger charge is 2.51. The van der Waals surface area contributed by atoms with Gasteiger partial charge in [-0.1, -0.05) is 90.4 Å². The Morgan fingerprint density at radius 3 is 2.31 bits per heavy atom. The van der Waals surface area contributed by atoms with Gasteiger partial charge in [-0.25, -0.2) is 4.99 Å². The van der Waals surface area contributed by atoms with Crippen LogP contribution in [0.4, 0.5) is 0 Å². The molecular formula is C28H48N5O5P. The van der Waals surface area contributed by atoms with Crippen molar-refractivity contribution in [1.82, 2.24) is 4.68 Å². The van der Waals surface area contributed by atoms with Gasteiger partial charge in [0.05, 0.1) is 12.3 Å². The van der Waals surface area contributed by atoms with Crippen LogP contribution in [-0.2, 0) is 13.8 Å². The largest absolute Gasteiger partial charge is 0.389 e. The molecule has 2 aliphatic rings. The zero-order valence-electron chi connectivity index (χ0n) is 23.5. The summed E-state index contributed by atoms with van der Waals surface area (Å²) in [6, 6.07) is 5.70. The van der Waals surface area contributed by atoms with E-state index < -0.39 is 26.4 Å². The molecule has 1 aromatic heterocycles. The van der Waals surface area contributed by atoms with E-state index in [4.69, 9.17) is 19.5 Å². The summed E-state index contributed by atoms with van der Waals surface area (Å²) in [7, 11) is -2.16. The first-order valence-electron chi connectivity index (χ1n) is 14.8. The summed E-state index contributed by atoms with van der Waals surface area (Å²) in [6.45, 7) is 2.70. The van der Waals surface area contributed by atoms with Gasteiger partial charge in [0.25, 0.3) is 0 Å². The molecule has 3 rings (SSSR count). The van der Waals surface area contributed by atoms with Gasteiger partial charge in [-0.2, -0.15) is 5.26 Å². The summed E-state index contributed by atoms with van der Waals surface area (Å²) >= 11 is 0. The number of aromatic nitrogens is 1. The lowest BCUT2D eigenvalue weighted by molar-refractivity contribution is -0.0715. The van der Waals surface area contributed by atoms with E-state index in [-0.39, 0.29) is 13.0 Å². The highest BCUT2D eigenvalue weighted by atomic mass is 31.2. The van der Waals surface area contributed by atoms with Gasteiger partial charge >= 0.3 is 8.60 Å². The van der Waals surface area contributed by atoms with Crippen molar-refractivity contribution in [1.29, 1.82) is 5.26 Å². The van der Waals surface area contributed by atoms with Crippen LogP contribution in [0.3, 0.4) is 0 Å². The van der Waals surface area contributed by atoms with Crippen LogP contribution >= 0.6 is 8.60 Å². The molecule has 5 N–H and O–H groups in total. The predicted molar refractivity (Wildman–Crippen MR) is 154 cm³/mol. The number of unbranched alkanes of at least 4 members (excludes halogenated alkanes) is 13. The molecule has 1 saturated heterocycles. The molecule has 0 aliphatic carbocycles. The van der Waals surface area contributed by atoms with Crippen molar-refractivity contribution in [3.8, 4) is 6.07 Å². The Bertz CT molecular complexity index is 923. The van der Waals surface area contributed by atoms with Crippen molar-refractivity contribution < 1.29 is 23.8 Å². The van der Waals surface area contributed by atoms with Crippen LogP contribution in [0.2, 0.25) is 0 Å². The maximum atomic E-state index is 10.7. The number of hydrogen-bond acceptors (Lipinski definition) is 9. The van der Waals surface area contributed by atoms with E-state index >= 15 is 0 Å². The Kier molecular flexibility index (Phi) is 14.0. The highest BCUT2D eigenvalue weighted by molar-refractivity contribution is 7.40. The fraction of sp³-hybridized carbons (Fsp3) is 0.786. The number of amidine groups is 1. The van der Waals surface area contributed by atoms with Crippen molar-refractivity contribution in [3.05, 3.63) is 23.5 Å². The van der Waals surface area contributed by atoms with E-state index in [1.165, 1.54) is 77.0 Å². The second kappa shape index (κ2) is 17.2. The van der Waals surface area contributed by atoms with Gasteiger partial charge in [0, 0.05) is 6.42 Å². The number of fused-ring (bicyclic) bond motifs is 1. The fourth-order valence-electron chi connectivity index (χ4n) is 5.20. The molecule has 0 bridgehead atoms. The van der Waals surface area contributed by atoms with Gasteiger partial charge in [0.2, 0.25) is 5.60 Å². The van der Waals surface area contributed by atoms with Crippen LogP contribution in [0.1, 0.15) is 121 Å². The van der Waals surface area contributed by atoms with Crippen LogP contribution in [-0.4, -0.2) is 52.1 Å². The molecule has 4 unspecified atom stereocenters. The van der Waals surface area contributed by atoms with Gasteiger partial charge in [-0.15, -0.1) is 0 Å². The maximum Gasteiger partial charge on any atom is 0.329 e. The number of aliphatic hydroxyl groups excluding tert-OH is 1. The summed E-state index contributed by atoms with van der Waals surface area (Å²) in [4.78, 5) is 14.3.